The highest BCUT2D eigenvalue weighted by Gasteiger charge is 2.31. The van der Waals surface area contributed by atoms with Crippen LogP contribution in [0.5, 0.6) is 0 Å². The molecule has 1 saturated carbocycles. The molecule has 0 heterocycles. The first-order valence-electron chi connectivity index (χ1n) is 11.0. The lowest BCUT2D eigenvalue weighted by molar-refractivity contribution is -0.157. The van der Waals surface area contributed by atoms with Crippen LogP contribution in [-0.2, 0) is 14.3 Å². The van der Waals surface area contributed by atoms with E-state index >= 15 is 0 Å². The predicted molar refractivity (Wildman–Crippen MR) is 105 cm³/mol. The monoisotopic (exact) mass is 368 g/mol. The van der Waals surface area contributed by atoms with E-state index in [0.717, 1.165) is 19.3 Å². The fraction of sp³-hybridized carbons (Fsp3) is 0.909. The van der Waals surface area contributed by atoms with Gasteiger partial charge in [-0.3, -0.25) is 9.59 Å². The summed E-state index contributed by atoms with van der Waals surface area (Å²) in [5.74, 6) is -1.20. The van der Waals surface area contributed by atoms with Crippen LogP contribution in [0.25, 0.3) is 0 Å². The summed E-state index contributed by atoms with van der Waals surface area (Å²) in [5.41, 5.74) is 0. The molecule has 4 heteroatoms. The fourth-order valence-electron chi connectivity index (χ4n) is 3.87. The number of rotatable bonds is 14. The zero-order valence-corrected chi connectivity index (χ0v) is 17.0. The normalized spacial score (nSPS) is 21.3. The van der Waals surface area contributed by atoms with Crippen LogP contribution in [-0.4, -0.2) is 23.1 Å². The molecule has 4 nitrogen and oxygen atoms in total. The third-order valence-corrected chi connectivity index (χ3v) is 5.78. The number of hydrogen-bond acceptors (Lipinski definition) is 3. The third kappa shape index (κ3) is 9.59. The van der Waals surface area contributed by atoms with E-state index in [0.29, 0.717) is 25.7 Å². The molecule has 152 valence electrons. The van der Waals surface area contributed by atoms with Crippen LogP contribution in [0.15, 0.2) is 0 Å². The van der Waals surface area contributed by atoms with E-state index in [1.165, 1.54) is 51.4 Å². The highest BCUT2D eigenvalue weighted by Crippen LogP contribution is 2.30. The summed E-state index contributed by atoms with van der Waals surface area (Å²) >= 11 is 0. The molecule has 1 fully saturated rings. The minimum atomic E-state index is -0.728. The first-order chi connectivity index (χ1) is 12.6. The predicted octanol–water partition coefficient (Wildman–Crippen LogP) is 6.12. The Balaban J connectivity index is 2.10. The van der Waals surface area contributed by atoms with Crippen molar-refractivity contribution < 1.29 is 19.4 Å². The molecule has 0 aromatic heterocycles. The van der Waals surface area contributed by atoms with Crippen molar-refractivity contribution in [3.05, 3.63) is 0 Å². The lowest BCUT2D eigenvalue weighted by atomic mass is 9.82. The second kappa shape index (κ2) is 14.1. The molecule has 0 aromatic rings. The van der Waals surface area contributed by atoms with E-state index in [1.807, 2.05) is 0 Å². The van der Waals surface area contributed by atoms with Gasteiger partial charge in [0.25, 0.3) is 0 Å². The number of carbonyl (C=O) groups is 2. The summed E-state index contributed by atoms with van der Waals surface area (Å²) in [6, 6.07) is 0. The van der Waals surface area contributed by atoms with Crippen LogP contribution < -0.4 is 0 Å². The average molecular weight is 369 g/mol. The summed E-state index contributed by atoms with van der Waals surface area (Å²) in [7, 11) is 0. The molecule has 0 radical (unpaired) electrons. The summed E-state index contributed by atoms with van der Waals surface area (Å²) < 4.78 is 5.72. The van der Waals surface area contributed by atoms with Crippen LogP contribution in [0, 0.1) is 11.8 Å². The Bertz CT molecular complexity index is 386. The molecule has 0 amide bonds. The standard InChI is InChI=1S/C22H40O4/c1-3-5-6-7-8-9-10-11-12-13-20(4-2)26-22(25)19-16-14-18(15-17-19)21(23)24/h18-20H,3-17H2,1-2H3,(H,23,24). The maximum absolute atomic E-state index is 12.3. The molecule has 1 aliphatic rings. The van der Waals surface area contributed by atoms with Crippen molar-refractivity contribution in [1.82, 2.24) is 0 Å². The van der Waals surface area contributed by atoms with Crippen LogP contribution in [0.1, 0.15) is 110 Å². The van der Waals surface area contributed by atoms with Crippen LogP contribution >= 0.6 is 0 Å². The Morgan fingerprint density at radius 3 is 1.85 bits per heavy atom. The third-order valence-electron chi connectivity index (χ3n) is 5.78. The topological polar surface area (TPSA) is 63.6 Å². The maximum Gasteiger partial charge on any atom is 0.309 e. The Kier molecular flexibility index (Phi) is 12.4. The molecule has 0 aliphatic heterocycles. The van der Waals surface area contributed by atoms with Crippen LogP contribution in [0.2, 0.25) is 0 Å². The van der Waals surface area contributed by atoms with E-state index in [9.17, 15) is 9.59 Å². The largest absolute Gasteiger partial charge is 0.481 e. The van der Waals surface area contributed by atoms with Gasteiger partial charge in [0.15, 0.2) is 0 Å². The number of carbonyl (C=O) groups excluding carboxylic acids is 1. The molecule has 0 bridgehead atoms. The van der Waals surface area contributed by atoms with Gasteiger partial charge >= 0.3 is 11.9 Å². The molecule has 0 saturated heterocycles. The van der Waals surface area contributed by atoms with Gasteiger partial charge in [-0.25, -0.2) is 0 Å². The molecular formula is C22H40O4. The number of hydrogen-bond donors (Lipinski definition) is 1. The van der Waals surface area contributed by atoms with Gasteiger partial charge in [0.1, 0.15) is 6.10 Å². The Hall–Kier alpha value is -1.06. The minimum Gasteiger partial charge on any atom is -0.481 e. The number of ether oxygens (including phenoxy) is 1. The van der Waals surface area contributed by atoms with Gasteiger partial charge in [0.05, 0.1) is 11.8 Å². The van der Waals surface area contributed by atoms with Crippen molar-refractivity contribution in [2.75, 3.05) is 0 Å². The maximum atomic E-state index is 12.3. The second-order valence-corrected chi connectivity index (χ2v) is 7.97. The van der Waals surface area contributed by atoms with Crippen molar-refractivity contribution in [1.29, 1.82) is 0 Å². The molecule has 1 N–H and O–H groups in total. The lowest BCUT2D eigenvalue weighted by Crippen LogP contribution is -2.29. The summed E-state index contributed by atoms with van der Waals surface area (Å²) in [5, 5.41) is 9.04. The molecule has 26 heavy (non-hydrogen) atoms. The first kappa shape index (κ1) is 23.0. The highest BCUT2D eigenvalue weighted by molar-refractivity contribution is 5.74. The van der Waals surface area contributed by atoms with Gasteiger partial charge < -0.3 is 9.84 Å². The van der Waals surface area contributed by atoms with Crippen molar-refractivity contribution in [2.24, 2.45) is 11.8 Å². The lowest BCUT2D eigenvalue weighted by Gasteiger charge is -2.26. The summed E-state index contributed by atoms with van der Waals surface area (Å²) in [6.45, 7) is 4.32. The van der Waals surface area contributed by atoms with Gasteiger partial charge in [0.2, 0.25) is 0 Å². The van der Waals surface area contributed by atoms with E-state index in [2.05, 4.69) is 13.8 Å². The number of carboxylic acid groups (broad SMARTS) is 1. The Labute approximate surface area is 160 Å². The van der Waals surface area contributed by atoms with Gasteiger partial charge in [-0.15, -0.1) is 0 Å². The van der Waals surface area contributed by atoms with Crippen molar-refractivity contribution >= 4 is 11.9 Å². The van der Waals surface area contributed by atoms with Crippen molar-refractivity contribution in [3.63, 3.8) is 0 Å². The Morgan fingerprint density at radius 1 is 0.846 bits per heavy atom. The highest BCUT2D eigenvalue weighted by atomic mass is 16.5. The first-order valence-corrected chi connectivity index (χ1v) is 11.0. The zero-order valence-electron chi connectivity index (χ0n) is 17.0. The van der Waals surface area contributed by atoms with Gasteiger partial charge in [-0.2, -0.15) is 0 Å². The number of aliphatic carboxylic acids is 1. The van der Waals surface area contributed by atoms with E-state index in [1.54, 1.807) is 0 Å². The molecule has 1 aliphatic carbocycles. The van der Waals surface area contributed by atoms with E-state index < -0.39 is 5.97 Å². The number of unbranched alkanes of at least 4 members (excludes halogenated alkanes) is 8. The second-order valence-electron chi connectivity index (χ2n) is 7.97. The zero-order chi connectivity index (χ0) is 19.2. The summed E-state index contributed by atoms with van der Waals surface area (Å²) in [6.07, 6.45) is 16.1. The van der Waals surface area contributed by atoms with E-state index in [4.69, 9.17) is 9.84 Å². The number of esters is 1. The van der Waals surface area contributed by atoms with Gasteiger partial charge in [-0.05, 0) is 44.9 Å². The molecular weight excluding hydrogens is 328 g/mol. The minimum absolute atomic E-state index is 0.0317. The quantitative estimate of drug-likeness (QED) is 0.296. The molecule has 0 aromatic carbocycles. The van der Waals surface area contributed by atoms with Crippen LogP contribution in [0.3, 0.4) is 0 Å². The van der Waals surface area contributed by atoms with Crippen molar-refractivity contribution in [2.45, 2.75) is 116 Å². The molecule has 1 rings (SSSR count). The van der Waals surface area contributed by atoms with Crippen molar-refractivity contribution in [3.8, 4) is 0 Å². The smallest absolute Gasteiger partial charge is 0.309 e. The van der Waals surface area contributed by atoms with Crippen LogP contribution in [0.4, 0.5) is 0 Å². The Morgan fingerprint density at radius 2 is 1.35 bits per heavy atom. The number of carboxylic acids is 1. The van der Waals surface area contributed by atoms with Gasteiger partial charge in [-0.1, -0.05) is 65.2 Å². The average Bonchev–Trinajstić information content (AvgIpc) is 2.65. The SMILES string of the molecule is CCCCCCCCCCCC(CC)OC(=O)C1CCC(C(=O)O)CC1. The molecule has 1 atom stereocenters. The van der Waals surface area contributed by atoms with Gasteiger partial charge in [0, 0.05) is 0 Å². The molecule has 0 spiro atoms. The summed E-state index contributed by atoms with van der Waals surface area (Å²) in [4.78, 5) is 23.3. The van der Waals surface area contributed by atoms with E-state index in [-0.39, 0.29) is 23.9 Å². The molecule has 1 unspecified atom stereocenters. The fourth-order valence-corrected chi connectivity index (χ4v) is 3.87.